The molecule has 0 bridgehead atoms. The number of carbonyl (C=O) groups is 1. The summed E-state index contributed by atoms with van der Waals surface area (Å²) >= 11 is 6.07. The Morgan fingerprint density at radius 3 is 2.42 bits per heavy atom. The van der Waals surface area contributed by atoms with Crippen molar-refractivity contribution < 1.29 is 4.79 Å². The summed E-state index contributed by atoms with van der Waals surface area (Å²) in [4.78, 5) is 16.8. The topological polar surface area (TPSA) is 23.6 Å². The van der Waals surface area contributed by atoms with Crippen LogP contribution in [0, 0.1) is 13.8 Å². The lowest BCUT2D eigenvalue weighted by Gasteiger charge is -2.36. The number of aryl methyl sites for hydroxylation is 2. The van der Waals surface area contributed by atoms with Gasteiger partial charge in [-0.25, -0.2) is 0 Å². The van der Waals surface area contributed by atoms with Crippen molar-refractivity contribution in [3.63, 3.8) is 0 Å². The van der Waals surface area contributed by atoms with Crippen LogP contribution in [0.4, 0.5) is 5.69 Å². The van der Waals surface area contributed by atoms with E-state index in [0.29, 0.717) is 6.42 Å². The highest BCUT2D eigenvalue weighted by Crippen LogP contribution is 2.21. The summed E-state index contributed by atoms with van der Waals surface area (Å²) in [7, 11) is 0. The van der Waals surface area contributed by atoms with E-state index in [2.05, 4.69) is 43.0 Å². The van der Waals surface area contributed by atoms with Gasteiger partial charge in [0.1, 0.15) is 0 Å². The van der Waals surface area contributed by atoms with Crippen LogP contribution in [0.5, 0.6) is 0 Å². The fraction of sp³-hybridized carbons (Fsp3) is 0.350. The lowest BCUT2D eigenvalue weighted by molar-refractivity contribution is -0.130. The van der Waals surface area contributed by atoms with Crippen LogP contribution >= 0.6 is 11.6 Å². The van der Waals surface area contributed by atoms with Crippen LogP contribution in [0.15, 0.2) is 42.5 Å². The lowest BCUT2D eigenvalue weighted by Crippen LogP contribution is -2.49. The van der Waals surface area contributed by atoms with Gasteiger partial charge in [-0.3, -0.25) is 4.79 Å². The fourth-order valence-electron chi connectivity index (χ4n) is 3.09. The van der Waals surface area contributed by atoms with Crippen molar-refractivity contribution in [2.24, 2.45) is 0 Å². The van der Waals surface area contributed by atoms with Crippen molar-refractivity contribution in [1.82, 2.24) is 4.90 Å². The van der Waals surface area contributed by atoms with Crippen molar-refractivity contribution in [3.05, 3.63) is 64.2 Å². The van der Waals surface area contributed by atoms with Crippen LogP contribution in [-0.4, -0.2) is 37.0 Å². The van der Waals surface area contributed by atoms with Crippen LogP contribution < -0.4 is 4.90 Å². The van der Waals surface area contributed by atoms with Gasteiger partial charge in [0.15, 0.2) is 0 Å². The number of anilines is 1. The van der Waals surface area contributed by atoms with E-state index in [-0.39, 0.29) is 5.91 Å². The molecule has 0 aromatic heterocycles. The van der Waals surface area contributed by atoms with Gasteiger partial charge in [-0.1, -0.05) is 35.9 Å². The third-order valence-electron chi connectivity index (χ3n) is 4.73. The van der Waals surface area contributed by atoms with Gasteiger partial charge in [0, 0.05) is 36.9 Å². The molecule has 1 saturated heterocycles. The first-order valence-electron chi connectivity index (χ1n) is 8.37. The number of rotatable bonds is 3. The Balaban J connectivity index is 1.58. The second-order valence-electron chi connectivity index (χ2n) is 6.44. The van der Waals surface area contributed by atoms with Gasteiger partial charge in [0.05, 0.1) is 6.42 Å². The minimum atomic E-state index is 0.212. The molecule has 1 aliphatic heterocycles. The Kier molecular flexibility index (Phi) is 5.10. The molecular weight excluding hydrogens is 320 g/mol. The number of halogens is 1. The second kappa shape index (κ2) is 7.27. The third kappa shape index (κ3) is 3.90. The monoisotopic (exact) mass is 342 g/mol. The maximum atomic E-state index is 12.5. The van der Waals surface area contributed by atoms with Gasteiger partial charge in [-0.05, 0) is 48.7 Å². The van der Waals surface area contributed by atoms with E-state index in [1.165, 1.54) is 11.1 Å². The van der Waals surface area contributed by atoms with Crippen molar-refractivity contribution in [1.29, 1.82) is 0 Å². The molecule has 3 nitrogen and oxygen atoms in total. The maximum Gasteiger partial charge on any atom is 0.227 e. The highest BCUT2D eigenvalue weighted by Gasteiger charge is 2.21. The molecule has 126 valence electrons. The molecule has 1 amide bonds. The van der Waals surface area contributed by atoms with Gasteiger partial charge in [-0.15, -0.1) is 0 Å². The molecule has 0 aliphatic carbocycles. The van der Waals surface area contributed by atoms with E-state index in [1.807, 2.05) is 23.1 Å². The maximum absolute atomic E-state index is 12.5. The van der Waals surface area contributed by atoms with Crippen molar-refractivity contribution in [2.45, 2.75) is 20.3 Å². The Hall–Kier alpha value is -2.00. The first kappa shape index (κ1) is 16.8. The molecule has 4 heteroatoms. The van der Waals surface area contributed by atoms with Crippen molar-refractivity contribution in [2.75, 3.05) is 31.1 Å². The highest BCUT2D eigenvalue weighted by atomic mass is 35.5. The molecule has 2 aromatic rings. The molecule has 0 atom stereocenters. The van der Waals surface area contributed by atoms with E-state index in [1.54, 1.807) is 0 Å². The predicted octanol–water partition coefficient (Wildman–Crippen LogP) is 3.85. The number of benzene rings is 2. The minimum Gasteiger partial charge on any atom is -0.368 e. The Morgan fingerprint density at radius 2 is 1.75 bits per heavy atom. The molecule has 0 N–H and O–H groups in total. The fourth-order valence-corrected chi connectivity index (χ4v) is 3.27. The largest absolute Gasteiger partial charge is 0.368 e. The van der Waals surface area contributed by atoms with Crippen LogP contribution in [0.3, 0.4) is 0 Å². The van der Waals surface area contributed by atoms with Crippen LogP contribution in [-0.2, 0) is 11.2 Å². The van der Waals surface area contributed by atoms with E-state index in [4.69, 9.17) is 11.6 Å². The van der Waals surface area contributed by atoms with Crippen LogP contribution in [0.2, 0.25) is 5.02 Å². The molecular formula is C20H23ClN2O. The molecule has 3 rings (SSSR count). The smallest absolute Gasteiger partial charge is 0.227 e. The van der Waals surface area contributed by atoms with Gasteiger partial charge in [0.25, 0.3) is 0 Å². The second-order valence-corrected chi connectivity index (χ2v) is 6.88. The quantitative estimate of drug-likeness (QED) is 0.846. The molecule has 1 heterocycles. The summed E-state index contributed by atoms with van der Waals surface area (Å²) in [5.74, 6) is 0.212. The van der Waals surface area contributed by atoms with Gasteiger partial charge in [0.2, 0.25) is 5.91 Å². The molecule has 0 spiro atoms. The van der Waals surface area contributed by atoms with E-state index in [9.17, 15) is 4.79 Å². The Morgan fingerprint density at radius 1 is 1.00 bits per heavy atom. The van der Waals surface area contributed by atoms with Crippen LogP contribution in [0.1, 0.15) is 16.7 Å². The highest BCUT2D eigenvalue weighted by molar-refractivity contribution is 6.30. The average Bonchev–Trinajstić information content (AvgIpc) is 2.58. The summed E-state index contributed by atoms with van der Waals surface area (Å²) in [6, 6.07) is 14.2. The molecule has 0 unspecified atom stereocenters. The van der Waals surface area contributed by atoms with Gasteiger partial charge >= 0.3 is 0 Å². The zero-order chi connectivity index (χ0) is 17.1. The third-order valence-corrected chi connectivity index (χ3v) is 4.97. The summed E-state index contributed by atoms with van der Waals surface area (Å²) in [5.41, 5.74) is 4.73. The molecule has 1 fully saturated rings. The summed E-state index contributed by atoms with van der Waals surface area (Å²) in [6.45, 7) is 7.40. The number of hydrogen-bond donors (Lipinski definition) is 0. The zero-order valence-electron chi connectivity index (χ0n) is 14.3. The molecule has 24 heavy (non-hydrogen) atoms. The van der Waals surface area contributed by atoms with Crippen LogP contribution in [0.25, 0.3) is 0 Å². The summed E-state index contributed by atoms with van der Waals surface area (Å²) < 4.78 is 0. The normalized spacial score (nSPS) is 14.8. The predicted molar refractivity (Wildman–Crippen MR) is 99.9 cm³/mol. The van der Waals surface area contributed by atoms with Crippen molar-refractivity contribution in [3.8, 4) is 0 Å². The minimum absolute atomic E-state index is 0.212. The lowest BCUT2D eigenvalue weighted by atomic mass is 10.0. The molecule has 1 aliphatic rings. The summed E-state index contributed by atoms with van der Waals surface area (Å²) in [6.07, 6.45) is 0.484. The van der Waals surface area contributed by atoms with Gasteiger partial charge in [-0.2, -0.15) is 0 Å². The number of hydrogen-bond acceptors (Lipinski definition) is 2. The first-order valence-corrected chi connectivity index (χ1v) is 8.75. The number of carbonyl (C=O) groups excluding carboxylic acids is 1. The average molecular weight is 343 g/mol. The summed E-state index contributed by atoms with van der Waals surface area (Å²) in [5, 5.41) is 0.751. The zero-order valence-corrected chi connectivity index (χ0v) is 15.0. The SMILES string of the molecule is Cc1ccc(CC(=O)N2CCN(c3cccc(Cl)c3)CC2)cc1C. The molecule has 0 radical (unpaired) electrons. The molecule has 0 saturated carbocycles. The number of nitrogens with zero attached hydrogens (tertiary/aromatic N) is 2. The van der Waals surface area contributed by atoms with E-state index in [0.717, 1.165) is 42.5 Å². The Labute approximate surface area is 148 Å². The standard InChI is InChI=1S/C20H23ClN2O/c1-15-6-7-17(12-16(15)2)13-20(24)23-10-8-22(9-11-23)19-5-3-4-18(21)14-19/h3-7,12,14H,8-11,13H2,1-2H3. The van der Waals surface area contributed by atoms with Gasteiger partial charge < -0.3 is 9.80 Å². The van der Waals surface area contributed by atoms with Crippen molar-refractivity contribution >= 4 is 23.2 Å². The molecule has 2 aromatic carbocycles. The number of piperazine rings is 1. The van der Waals surface area contributed by atoms with E-state index >= 15 is 0 Å². The number of amides is 1. The van der Waals surface area contributed by atoms with E-state index < -0.39 is 0 Å². The first-order chi connectivity index (χ1) is 11.5. The Bertz CT molecular complexity index is 736.